The molecular formula is C21H25N3OS. The van der Waals surface area contributed by atoms with Crippen LogP contribution in [0.2, 0.25) is 0 Å². The maximum Gasteiger partial charge on any atom is 0.259 e. The van der Waals surface area contributed by atoms with Crippen LogP contribution in [0.3, 0.4) is 0 Å². The molecule has 0 amide bonds. The number of aromatic amines is 1. The maximum absolute atomic E-state index is 12.6. The van der Waals surface area contributed by atoms with Crippen molar-refractivity contribution in [3.05, 3.63) is 62.5 Å². The Morgan fingerprint density at radius 3 is 2.81 bits per heavy atom. The number of benzene rings is 1. The monoisotopic (exact) mass is 367 g/mol. The van der Waals surface area contributed by atoms with Crippen molar-refractivity contribution in [1.29, 1.82) is 0 Å². The maximum atomic E-state index is 12.6. The molecule has 26 heavy (non-hydrogen) atoms. The normalized spacial score (nSPS) is 14.9. The average molecular weight is 368 g/mol. The zero-order valence-electron chi connectivity index (χ0n) is 15.3. The zero-order chi connectivity index (χ0) is 18.1. The molecule has 0 spiro atoms. The molecule has 136 valence electrons. The molecule has 4 rings (SSSR count). The number of aromatic nitrogens is 2. The van der Waals surface area contributed by atoms with Gasteiger partial charge in [-0.15, -0.1) is 11.3 Å². The number of aryl methyl sites for hydroxylation is 2. The molecule has 0 aliphatic heterocycles. The lowest BCUT2D eigenvalue weighted by atomic mass is 9.97. The Labute approximate surface area is 157 Å². The summed E-state index contributed by atoms with van der Waals surface area (Å²) in [7, 11) is 0. The van der Waals surface area contributed by atoms with E-state index in [1.54, 1.807) is 11.3 Å². The number of nitrogens with one attached hydrogen (secondary N) is 2. The van der Waals surface area contributed by atoms with Gasteiger partial charge in [0.1, 0.15) is 10.7 Å². The van der Waals surface area contributed by atoms with Crippen molar-refractivity contribution in [1.82, 2.24) is 15.3 Å². The first kappa shape index (κ1) is 17.4. The molecule has 2 aromatic heterocycles. The second kappa shape index (κ2) is 7.33. The number of hydrogen-bond donors (Lipinski definition) is 2. The first-order valence-electron chi connectivity index (χ1n) is 9.43. The third-order valence-electron chi connectivity index (χ3n) is 5.05. The molecule has 2 N–H and O–H groups in total. The summed E-state index contributed by atoms with van der Waals surface area (Å²) in [5, 5.41) is 4.42. The Kier molecular flexibility index (Phi) is 4.92. The quantitative estimate of drug-likeness (QED) is 0.681. The van der Waals surface area contributed by atoms with Crippen LogP contribution < -0.4 is 10.9 Å². The standard InChI is InChI=1S/C21H25N3OS/c1-13(2)11-16(14-7-4-3-5-8-14)22-12-18-23-20(25)19-15-9-6-10-17(15)26-21(19)24-18/h3-5,7-8,13,16,22H,6,9-12H2,1-2H3,(H,23,24,25). The van der Waals surface area contributed by atoms with Gasteiger partial charge in [-0.05, 0) is 42.7 Å². The van der Waals surface area contributed by atoms with Crippen molar-refractivity contribution in [2.75, 3.05) is 0 Å². The summed E-state index contributed by atoms with van der Waals surface area (Å²) in [6, 6.07) is 10.8. The number of rotatable bonds is 6. The number of H-pyrrole nitrogens is 1. The molecule has 2 heterocycles. The van der Waals surface area contributed by atoms with Gasteiger partial charge in [0.2, 0.25) is 0 Å². The van der Waals surface area contributed by atoms with Crippen LogP contribution in [0.1, 0.15) is 54.6 Å². The van der Waals surface area contributed by atoms with Crippen LogP contribution in [-0.4, -0.2) is 9.97 Å². The lowest BCUT2D eigenvalue weighted by Gasteiger charge is -2.21. The summed E-state index contributed by atoms with van der Waals surface area (Å²) in [6.45, 7) is 5.04. The first-order chi connectivity index (χ1) is 12.6. The molecule has 5 heteroatoms. The minimum Gasteiger partial charge on any atom is -0.309 e. The highest BCUT2D eigenvalue weighted by molar-refractivity contribution is 7.18. The Morgan fingerprint density at radius 1 is 1.23 bits per heavy atom. The number of thiophene rings is 1. The molecule has 0 radical (unpaired) electrons. The molecule has 0 saturated heterocycles. The van der Waals surface area contributed by atoms with Crippen LogP contribution in [0, 0.1) is 5.92 Å². The van der Waals surface area contributed by atoms with Gasteiger partial charge < -0.3 is 10.3 Å². The highest BCUT2D eigenvalue weighted by Crippen LogP contribution is 2.34. The summed E-state index contributed by atoms with van der Waals surface area (Å²) in [4.78, 5) is 22.6. The number of fused-ring (bicyclic) bond motifs is 3. The van der Waals surface area contributed by atoms with Gasteiger partial charge in [0.05, 0.1) is 11.9 Å². The van der Waals surface area contributed by atoms with Crippen LogP contribution in [0.4, 0.5) is 0 Å². The minimum atomic E-state index is 0.0197. The van der Waals surface area contributed by atoms with E-state index in [2.05, 4.69) is 48.4 Å². The molecule has 1 unspecified atom stereocenters. The Balaban J connectivity index is 1.57. The lowest BCUT2D eigenvalue weighted by molar-refractivity contribution is 0.424. The van der Waals surface area contributed by atoms with Crippen molar-refractivity contribution < 1.29 is 0 Å². The van der Waals surface area contributed by atoms with Crippen molar-refractivity contribution in [2.24, 2.45) is 5.92 Å². The second-order valence-electron chi connectivity index (χ2n) is 7.52. The molecule has 0 fully saturated rings. The predicted molar refractivity (Wildman–Crippen MR) is 108 cm³/mol. The SMILES string of the molecule is CC(C)CC(NCc1nc2sc3c(c2c(=O)[nH]1)CCC3)c1ccccc1. The van der Waals surface area contributed by atoms with Crippen LogP contribution in [0.25, 0.3) is 10.2 Å². The van der Waals surface area contributed by atoms with E-state index in [9.17, 15) is 4.79 Å². The van der Waals surface area contributed by atoms with Gasteiger partial charge in [-0.25, -0.2) is 4.98 Å². The number of nitrogens with zero attached hydrogens (tertiary/aromatic N) is 1. The highest BCUT2D eigenvalue weighted by Gasteiger charge is 2.21. The van der Waals surface area contributed by atoms with E-state index in [0.717, 1.165) is 41.7 Å². The van der Waals surface area contributed by atoms with Crippen LogP contribution >= 0.6 is 11.3 Å². The van der Waals surface area contributed by atoms with E-state index in [1.165, 1.54) is 16.0 Å². The van der Waals surface area contributed by atoms with Gasteiger partial charge in [-0.3, -0.25) is 4.79 Å². The lowest BCUT2D eigenvalue weighted by Crippen LogP contribution is -2.25. The Hall–Kier alpha value is -1.98. The zero-order valence-corrected chi connectivity index (χ0v) is 16.2. The molecule has 1 aliphatic carbocycles. The second-order valence-corrected chi connectivity index (χ2v) is 8.61. The summed E-state index contributed by atoms with van der Waals surface area (Å²) in [5.41, 5.74) is 2.53. The fraction of sp³-hybridized carbons (Fsp3) is 0.429. The predicted octanol–water partition coefficient (Wildman–Crippen LogP) is 4.35. The van der Waals surface area contributed by atoms with Crippen LogP contribution in [0.5, 0.6) is 0 Å². The van der Waals surface area contributed by atoms with Gasteiger partial charge in [0.15, 0.2) is 0 Å². The Morgan fingerprint density at radius 2 is 2.04 bits per heavy atom. The highest BCUT2D eigenvalue weighted by atomic mass is 32.1. The van der Waals surface area contributed by atoms with Crippen LogP contribution in [0.15, 0.2) is 35.1 Å². The molecule has 0 bridgehead atoms. The van der Waals surface area contributed by atoms with E-state index in [1.807, 2.05) is 6.07 Å². The van der Waals surface area contributed by atoms with Crippen LogP contribution in [-0.2, 0) is 19.4 Å². The molecular weight excluding hydrogens is 342 g/mol. The molecule has 0 saturated carbocycles. The van der Waals surface area contributed by atoms with Crippen molar-refractivity contribution >= 4 is 21.6 Å². The minimum absolute atomic E-state index is 0.0197. The molecule has 1 aliphatic rings. The molecule has 1 atom stereocenters. The van der Waals surface area contributed by atoms with Gasteiger partial charge in [-0.1, -0.05) is 44.2 Å². The fourth-order valence-corrected chi connectivity index (χ4v) is 5.13. The first-order valence-corrected chi connectivity index (χ1v) is 10.2. The molecule has 4 nitrogen and oxygen atoms in total. The summed E-state index contributed by atoms with van der Waals surface area (Å²) < 4.78 is 0. The Bertz CT molecular complexity index is 959. The topological polar surface area (TPSA) is 57.8 Å². The fourth-order valence-electron chi connectivity index (χ4n) is 3.84. The largest absolute Gasteiger partial charge is 0.309 e. The molecule has 3 aromatic rings. The van der Waals surface area contributed by atoms with Crippen molar-refractivity contribution in [3.63, 3.8) is 0 Å². The van der Waals surface area contributed by atoms with E-state index in [4.69, 9.17) is 4.98 Å². The summed E-state index contributed by atoms with van der Waals surface area (Å²) in [6.07, 6.45) is 4.31. The smallest absolute Gasteiger partial charge is 0.259 e. The van der Waals surface area contributed by atoms with Gasteiger partial charge in [-0.2, -0.15) is 0 Å². The van der Waals surface area contributed by atoms with Gasteiger partial charge in [0.25, 0.3) is 5.56 Å². The van der Waals surface area contributed by atoms with Crippen molar-refractivity contribution in [3.8, 4) is 0 Å². The average Bonchev–Trinajstić information content (AvgIpc) is 3.19. The van der Waals surface area contributed by atoms with E-state index in [0.29, 0.717) is 12.5 Å². The molecule has 1 aromatic carbocycles. The van der Waals surface area contributed by atoms with Gasteiger partial charge in [0, 0.05) is 10.9 Å². The summed E-state index contributed by atoms with van der Waals surface area (Å²) >= 11 is 1.70. The van der Waals surface area contributed by atoms with E-state index < -0.39 is 0 Å². The van der Waals surface area contributed by atoms with E-state index >= 15 is 0 Å². The number of hydrogen-bond acceptors (Lipinski definition) is 4. The third-order valence-corrected chi connectivity index (χ3v) is 6.23. The van der Waals surface area contributed by atoms with E-state index in [-0.39, 0.29) is 11.6 Å². The van der Waals surface area contributed by atoms with Crippen molar-refractivity contribution in [2.45, 2.75) is 52.1 Å². The third kappa shape index (κ3) is 3.46. The van der Waals surface area contributed by atoms with Gasteiger partial charge >= 0.3 is 0 Å². The summed E-state index contributed by atoms with van der Waals surface area (Å²) in [5.74, 6) is 1.31.